The molecule has 66 valence electrons. The van der Waals surface area contributed by atoms with E-state index in [1.54, 1.807) is 5.82 Å². The van der Waals surface area contributed by atoms with Crippen LogP contribution in [0.5, 0.6) is 0 Å². The second-order valence-electron chi connectivity index (χ2n) is 2.70. The third-order valence-electron chi connectivity index (χ3n) is 1.79. The molecule has 1 aliphatic rings. The molecule has 1 aromatic carbocycles. The standard InChI is InChI=1S/C9H7BrO2P/c10-8-6-13(11)12-9(8)7-4-2-1-3-5-7/h1-6,9H/q+1. The van der Waals surface area contributed by atoms with E-state index in [-0.39, 0.29) is 6.10 Å². The molecule has 4 heteroatoms. The lowest BCUT2D eigenvalue weighted by Gasteiger charge is -2.03. The van der Waals surface area contributed by atoms with Gasteiger partial charge in [-0.05, 0) is 26.1 Å². The first-order chi connectivity index (χ1) is 6.27. The quantitative estimate of drug-likeness (QED) is 0.717. The minimum absolute atomic E-state index is 0.190. The number of hydrogen-bond donors (Lipinski definition) is 0. The van der Waals surface area contributed by atoms with Crippen molar-refractivity contribution in [1.29, 1.82) is 0 Å². The molecule has 13 heavy (non-hydrogen) atoms. The van der Waals surface area contributed by atoms with Crippen molar-refractivity contribution in [3.05, 3.63) is 46.2 Å². The van der Waals surface area contributed by atoms with Crippen LogP contribution in [0, 0.1) is 0 Å². The molecule has 0 spiro atoms. The van der Waals surface area contributed by atoms with Gasteiger partial charge in [-0.1, -0.05) is 30.3 Å². The Morgan fingerprint density at radius 3 is 2.54 bits per heavy atom. The Hall–Kier alpha value is -0.500. The molecular weight excluding hydrogens is 251 g/mol. The monoisotopic (exact) mass is 257 g/mol. The minimum Gasteiger partial charge on any atom is -0.128 e. The maximum Gasteiger partial charge on any atom is 0.542 e. The molecule has 1 aromatic rings. The zero-order valence-electron chi connectivity index (χ0n) is 6.68. The summed E-state index contributed by atoms with van der Waals surface area (Å²) < 4.78 is 17.1. The van der Waals surface area contributed by atoms with Gasteiger partial charge in [-0.25, -0.2) is 0 Å². The molecule has 0 fully saturated rings. The first-order valence-corrected chi connectivity index (χ1v) is 5.86. The van der Waals surface area contributed by atoms with Gasteiger partial charge in [0.2, 0.25) is 5.82 Å². The molecule has 2 unspecified atom stereocenters. The molecule has 0 radical (unpaired) electrons. The second kappa shape index (κ2) is 3.70. The fourth-order valence-corrected chi connectivity index (χ4v) is 3.05. The van der Waals surface area contributed by atoms with Crippen LogP contribution >= 0.6 is 24.0 Å². The Bertz CT molecular complexity index is 361. The first kappa shape index (κ1) is 9.07. The third-order valence-corrected chi connectivity index (χ3v) is 3.70. The van der Waals surface area contributed by atoms with E-state index in [0.29, 0.717) is 0 Å². The van der Waals surface area contributed by atoms with Gasteiger partial charge in [0.15, 0.2) is 6.10 Å². The van der Waals surface area contributed by atoms with Crippen molar-refractivity contribution in [2.24, 2.45) is 0 Å². The summed E-state index contributed by atoms with van der Waals surface area (Å²) in [7, 11) is -1.63. The number of benzene rings is 1. The molecule has 0 saturated carbocycles. The molecule has 0 saturated heterocycles. The first-order valence-electron chi connectivity index (χ1n) is 3.82. The van der Waals surface area contributed by atoms with Crippen LogP contribution in [0.3, 0.4) is 0 Å². The lowest BCUT2D eigenvalue weighted by molar-refractivity contribution is 0.282. The van der Waals surface area contributed by atoms with Gasteiger partial charge in [-0.15, -0.1) is 4.52 Å². The van der Waals surface area contributed by atoms with Crippen molar-refractivity contribution in [2.45, 2.75) is 6.10 Å². The van der Waals surface area contributed by atoms with Crippen molar-refractivity contribution < 1.29 is 9.09 Å². The highest BCUT2D eigenvalue weighted by atomic mass is 79.9. The van der Waals surface area contributed by atoms with Gasteiger partial charge in [-0.3, -0.25) is 0 Å². The SMILES string of the molecule is O=[P+]1C=C(Br)C(c2ccccc2)O1. The molecule has 2 atom stereocenters. The van der Waals surface area contributed by atoms with E-state index in [1.165, 1.54) is 0 Å². The molecule has 0 N–H and O–H groups in total. The van der Waals surface area contributed by atoms with Crippen LogP contribution in [0.15, 0.2) is 40.6 Å². The molecule has 0 amide bonds. The summed E-state index contributed by atoms with van der Waals surface area (Å²) in [4.78, 5) is 0. The van der Waals surface area contributed by atoms with E-state index in [9.17, 15) is 4.57 Å². The van der Waals surface area contributed by atoms with Crippen molar-refractivity contribution in [3.8, 4) is 0 Å². The van der Waals surface area contributed by atoms with E-state index < -0.39 is 8.03 Å². The van der Waals surface area contributed by atoms with Crippen LogP contribution < -0.4 is 0 Å². The van der Waals surface area contributed by atoms with Gasteiger partial charge >= 0.3 is 8.03 Å². The maximum absolute atomic E-state index is 11.1. The van der Waals surface area contributed by atoms with Crippen LogP contribution in [-0.2, 0) is 9.09 Å². The van der Waals surface area contributed by atoms with Crippen LogP contribution in [0.25, 0.3) is 0 Å². The highest BCUT2D eigenvalue weighted by molar-refractivity contribution is 9.11. The predicted octanol–water partition coefficient (Wildman–Crippen LogP) is 3.74. The van der Waals surface area contributed by atoms with Crippen LogP contribution in [0.4, 0.5) is 0 Å². The maximum atomic E-state index is 11.1. The molecule has 1 aliphatic heterocycles. The zero-order valence-corrected chi connectivity index (χ0v) is 9.16. The van der Waals surface area contributed by atoms with Crippen LogP contribution in [0.2, 0.25) is 0 Å². The molecule has 0 aliphatic carbocycles. The fraction of sp³-hybridized carbons (Fsp3) is 0.111. The normalized spacial score (nSPS) is 24.5. The Balaban J connectivity index is 2.30. The summed E-state index contributed by atoms with van der Waals surface area (Å²) in [6, 6.07) is 9.72. The van der Waals surface area contributed by atoms with Crippen molar-refractivity contribution in [3.63, 3.8) is 0 Å². The molecular formula is C9H7BrO2P+. The lowest BCUT2D eigenvalue weighted by Crippen LogP contribution is -1.94. The number of rotatable bonds is 1. The van der Waals surface area contributed by atoms with Crippen molar-refractivity contribution in [1.82, 2.24) is 0 Å². The lowest BCUT2D eigenvalue weighted by atomic mass is 10.1. The summed E-state index contributed by atoms with van der Waals surface area (Å²) in [6.07, 6.45) is -0.190. The average Bonchev–Trinajstić information content (AvgIpc) is 2.47. The summed E-state index contributed by atoms with van der Waals surface area (Å²) >= 11 is 3.33. The number of hydrogen-bond acceptors (Lipinski definition) is 2. The molecule has 0 aromatic heterocycles. The molecule has 1 heterocycles. The summed E-state index contributed by atoms with van der Waals surface area (Å²) in [5, 5.41) is 0. The van der Waals surface area contributed by atoms with Gasteiger partial charge in [0.05, 0.1) is 4.48 Å². The Morgan fingerprint density at radius 2 is 2.00 bits per heavy atom. The van der Waals surface area contributed by atoms with Gasteiger partial charge < -0.3 is 0 Å². The van der Waals surface area contributed by atoms with Gasteiger partial charge in [0, 0.05) is 0 Å². The van der Waals surface area contributed by atoms with E-state index in [4.69, 9.17) is 4.52 Å². The van der Waals surface area contributed by atoms with Crippen LogP contribution in [0.1, 0.15) is 11.7 Å². The molecule has 2 nitrogen and oxygen atoms in total. The van der Waals surface area contributed by atoms with Crippen molar-refractivity contribution in [2.75, 3.05) is 0 Å². The Morgan fingerprint density at radius 1 is 1.31 bits per heavy atom. The Kier molecular flexibility index (Phi) is 2.58. The zero-order chi connectivity index (χ0) is 9.26. The van der Waals surface area contributed by atoms with Gasteiger partial charge in [-0.2, -0.15) is 0 Å². The average molecular weight is 258 g/mol. The van der Waals surface area contributed by atoms with E-state index in [1.807, 2.05) is 30.3 Å². The molecule has 0 bridgehead atoms. The largest absolute Gasteiger partial charge is 0.542 e. The van der Waals surface area contributed by atoms with Gasteiger partial charge in [0.25, 0.3) is 0 Å². The third kappa shape index (κ3) is 1.88. The summed E-state index contributed by atoms with van der Waals surface area (Å²) in [6.45, 7) is 0. The predicted molar refractivity (Wildman–Crippen MR) is 54.9 cm³/mol. The summed E-state index contributed by atoms with van der Waals surface area (Å²) in [5.41, 5.74) is 1.02. The second-order valence-corrected chi connectivity index (χ2v) is 4.65. The van der Waals surface area contributed by atoms with E-state index in [0.717, 1.165) is 10.0 Å². The van der Waals surface area contributed by atoms with Crippen molar-refractivity contribution >= 4 is 24.0 Å². The van der Waals surface area contributed by atoms with E-state index in [2.05, 4.69) is 15.9 Å². The smallest absolute Gasteiger partial charge is 0.128 e. The summed E-state index contributed by atoms with van der Waals surface area (Å²) in [5.74, 6) is 1.60. The van der Waals surface area contributed by atoms with Gasteiger partial charge in [0.1, 0.15) is 0 Å². The Labute approximate surface area is 85.6 Å². The topological polar surface area (TPSA) is 26.3 Å². The molecule has 2 rings (SSSR count). The number of halogens is 1. The highest BCUT2D eigenvalue weighted by Gasteiger charge is 2.35. The van der Waals surface area contributed by atoms with E-state index >= 15 is 0 Å². The fourth-order valence-electron chi connectivity index (χ4n) is 1.20. The minimum atomic E-state index is -1.63. The highest BCUT2D eigenvalue weighted by Crippen LogP contribution is 2.48. The van der Waals surface area contributed by atoms with Crippen LogP contribution in [-0.4, -0.2) is 0 Å².